The second kappa shape index (κ2) is 8.28. The molecule has 0 aromatic heterocycles. The van der Waals surface area contributed by atoms with Crippen molar-refractivity contribution in [1.82, 2.24) is 5.32 Å². The number of ether oxygens (including phenoxy) is 1. The minimum atomic E-state index is -0.131. The molecule has 1 aliphatic rings. The van der Waals surface area contributed by atoms with Crippen LogP contribution in [0.5, 0.6) is 0 Å². The Morgan fingerprint density at radius 2 is 1.95 bits per heavy atom. The van der Waals surface area contributed by atoms with E-state index in [1.54, 1.807) is 6.07 Å². The van der Waals surface area contributed by atoms with Gasteiger partial charge >= 0.3 is 0 Å². The van der Waals surface area contributed by atoms with Crippen molar-refractivity contribution in [3.8, 4) is 0 Å². The molecule has 0 unspecified atom stereocenters. The first-order valence-corrected chi connectivity index (χ1v) is 7.42. The highest BCUT2D eigenvalue weighted by Gasteiger charge is 2.12. The summed E-state index contributed by atoms with van der Waals surface area (Å²) < 4.78 is 19.2. The van der Waals surface area contributed by atoms with E-state index in [0.29, 0.717) is 12.6 Å². The zero-order valence-electron chi connectivity index (χ0n) is 11.5. The lowest BCUT2D eigenvalue weighted by molar-refractivity contribution is 0.0273. The third-order valence-electron chi connectivity index (χ3n) is 3.68. The van der Waals surface area contributed by atoms with Crippen molar-refractivity contribution >= 4 is 0 Å². The van der Waals surface area contributed by atoms with Crippen LogP contribution in [0.15, 0.2) is 24.3 Å². The van der Waals surface area contributed by atoms with Gasteiger partial charge in [0, 0.05) is 18.7 Å². The third kappa shape index (κ3) is 5.29. The number of benzene rings is 1. The van der Waals surface area contributed by atoms with Crippen molar-refractivity contribution in [2.24, 2.45) is 0 Å². The van der Waals surface area contributed by atoms with Crippen molar-refractivity contribution < 1.29 is 9.13 Å². The summed E-state index contributed by atoms with van der Waals surface area (Å²) in [4.78, 5) is 0. The van der Waals surface area contributed by atoms with Crippen LogP contribution in [0.4, 0.5) is 4.39 Å². The van der Waals surface area contributed by atoms with Gasteiger partial charge in [-0.25, -0.2) is 4.39 Å². The largest absolute Gasteiger partial charge is 0.378 e. The molecule has 3 heteroatoms. The number of hydrogen-bond donors (Lipinski definition) is 1. The predicted octanol–water partition coefficient (Wildman–Crippen LogP) is 3.65. The molecule has 0 aliphatic heterocycles. The van der Waals surface area contributed by atoms with Crippen LogP contribution in [0.25, 0.3) is 0 Å². The van der Waals surface area contributed by atoms with Gasteiger partial charge < -0.3 is 10.1 Å². The first-order valence-electron chi connectivity index (χ1n) is 7.42. The van der Waals surface area contributed by atoms with Crippen LogP contribution in [-0.2, 0) is 11.3 Å². The van der Waals surface area contributed by atoms with Crippen LogP contribution in [0.3, 0.4) is 0 Å². The van der Waals surface area contributed by atoms with Crippen molar-refractivity contribution in [3.05, 3.63) is 35.6 Å². The lowest BCUT2D eigenvalue weighted by Gasteiger charge is -2.21. The van der Waals surface area contributed by atoms with Gasteiger partial charge in [0.25, 0.3) is 0 Å². The van der Waals surface area contributed by atoms with E-state index in [1.807, 2.05) is 12.1 Å². The number of hydrogen-bond acceptors (Lipinski definition) is 2. The zero-order chi connectivity index (χ0) is 13.3. The Bertz CT molecular complexity index is 364. The van der Waals surface area contributed by atoms with Gasteiger partial charge in [-0.15, -0.1) is 0 Å². The van der Waals surface area contributed by atoms with Crippen molar-refractivity contribution in [2.75, 3.05) is 13.2 Å². The van der Waals surface area contributed by atoms with E-state index < -0.39 is 0 Å². The summed E-state index contributed by atoms with van der Waals surface area (Å²) in [5.74, 6) is -0.131. The van der Waals surface area contributed by atoms with Crippen molar-refractivity contribution in [2.45, 2.75) is 51.2 Å². The predicted molar refractivity (Wildman–Crippen MR) is 75.5 cm³/mol. The number of halogens is 1. The Kier molecular flexibility index (Phi) is 6.31. The van der Waals surface area contributed by atoms with Crippen LogP contribution in [0.1, 0.15) is 44.1 Å². The zero-order valence-corrected chi connectivity index (χ0v) is 11.5. The fourth-order valence-corrected chi connectivity index (χ4v) is 2.54. The maximum atomic E-state index is 13.3. The minimum Gasteiger partial charge on any atom is -0.378 e. The van der Waals surface area contributed by atoms with E-state index in [2.05, 4.69) is 5.32 Å². The van der Waals surface area contributed by atoms with Gasteiger partial charge in [-0.1, -0.05) is 37.5 Å². The van der Waals surface area contributed by atoms with E-state index in [4.69, 9.17) is 4.74 Å². The average Bonchev–Trinajstić information content (AvgIpc) is 2.45. The molecule has 1 aromatic rings. The molecule has 0 amide bonds. The Hall–Kier alpha value is -0.930. The van der Waals surface area contributed by atoms with E-state index in [1.165, 1.54) is 38.2 Å². The molecular formula is C16H24FNO. The molecule has 106 valence electrons. The van der Waals surface area contributed by atoms with Gasteiger partial charge in [-0.05, 0) is 31.9 Å². The van der Waals surface area contributed by atoms with Crippen LogP contribution >= 0.6 is 0 Å². The summed E-state index contributed by atoms with van der Waals surface area (Å²) in [5.41, 5.74) is 0.732. The highest BCUT2D eigenvalue weighted by Crippen LogP contribution is 2.20. The summed E-state index contributed by atoms with van der Waals surface area (Å²) in [5, 5.41) is 3.26. The lowest BCUT2D eigenvalue weighted by Crippen LogP contribution is -2.21. The van der Waals surface area contributed by atoms with Gasteiger partial charge in [0.15, 0.2) is 0 Å². The fourth-order valence-electron chi connectivity index (χ4n) is 2.54. The summed E-state index contributed by atoms with van der Waals surface area (Å²) in [7, 11) is 0. The number of rotatable bonds is 7. The smallest absolute Gasteiger partial charge is 0.127 e. The monoisotopic (exact) mass is 265 g/mol. The van der Waals surface area contributed by atoms with Gasteiger partial charge in [0.1, 0.15) is 5.82 Å². The first kappa shape index (κ1) is 14.5. The molecule has 0 atom stereocenters. The summed E-state index contributed by atoms with van der Waals surface area (Å²) in [6.45, 7) is 2.28. The molecule has 0 heterocycles. The topological polar surface area (TPSA) is 21.3 Å². The molecule has 0 spiro atoms. The SMILES string of the molecule is Fc1ccccc1CNCCCOC1CCCCC1. The summed E-state index contributed by atoms with van der Waals surface area (Å²) >= 11 is 0. The molecule has 19 heavy (non-hydrogen) atoms. The molecule has 2 nitrogen and oxygen atoms in total. The standard InChI is InChI=1S/C16H24FNO/c17-16-10-5-4-7-14(16)13-18-11-6-12-19-15-8-2-1-3-9-15/h4-5,7,10,15,18H,1-3,6,8-9,11-13H2. The Balaban J connectivity index is 1.51. The second-order valence-corrected chi connectivity index (χ2v) is 5.25. The Morgan fingerprint density at radius 3 is 2.74 bits per heavy atom. The summed E-state index contributed by atoms with van der Waals surface area (Å²) in [6, 6.07) is 6.91. The third-order valence-corrected chi connectivity index (χ3v) is 3.68. The molecule has 1 aromatic carbocycles. The van der Waals surface area contributed by atoms with Crippen LogP contribution in [-0.4, -0.2) is 19.3 Å². The van der Waals surface area contributed by atoms with E-state index in [0.717, 1.165) is 25.1 Å². The molecular weight excluding hydrogens is 241 g/mol. The highest BCUT2D eigenvalue weighted by atomic mass is 19.1. The molecule has 2 rings (SSSR count). The first-order chi connectivity index (χ1) is 9.36. The van der Waals surface area contributed by atoms with Crippen molar-refractivity contribution in [3.63, 3.8) is 0 Å². The minimum absolute atomic E-state index is 0.131. The van der Waals surface area contributed by atoms with E-state index in [9.17, 15) is 4.39 Å². The average molecular weight is 265 g/mol. The van der Waals surface area contributed by atoms with Crippen molar-refractivity contribution in [1.29, 1.82) is 0 Å². The second-order valence-electron chi connectivity index (χ2n) is 5.25. The van der Waals surface area contributed by atoms with E-state index >= 15 is 0 Å². The number of nitrogens with one attached hydrogen (secondary N) is 1. The molecule has 1 N–H and O–H groups in total. The van der Waals surface area contributed by atoms with Gasteiger partial charge in [0.2, 0.25) is 0 Å². The normalized spacial score (nSPS) is 16.7. The summed E-state index contributed by atoms with van der Waals surface area (Å²) in [6.07, 6.45) is 7.92. The van der Waals surface area contributed by atoms with E-state index in [-0.39, 0.29) is 5.82 Å². The van der Waals surface area contributed by atoms with Gasteiger partial charge in [-0.2, -0.15) is 0 Å². The Morgan fingerprint density at radius 1 is 1.16 bits per heavy atom. The molecule has 1 fully saturated rings. The van der Waals surface area contributed by atoms with Crippen LogP contribution in [0, 0.1) is 5.82 Å². The lowest BCUT2D eigenvalue weighted by atomic mass is 9.98. The maximum absolute atomic E-state index is 13.3. The van der Waals surface area contributed by atoms with Gasteiger partial charge in [0.05, 0.1) is 6.10 Å². The molecule has 0 radical (unpaired) electrons. The fraction of sp³-hybridized carbons (Fsp3) is 0.625. The molecule has 0 bridgehead atoms. The highest BCUT2D eigenvalue weighted by molar-refractivity contribution is 5.16. The quantitative estimate of drug-likeness (QED) is 0.760. The van der Waals surface area contributed by atoms with Crippen LogP contribution < -0.4 is 5.32 Å². The molecule has 1 aliphatic carbocycles. The van der Waals surface area contributed by atoms with Gasteiger partial charge in [-0.3, -0.25) is 0 Å². The maximum Gasteiger partial charge on any atom is 0.127 e. The Labute approximate surface area is 115 Å². The molecule has 1 saturated carbocycles. The van der Waals surface area contributed by atoms with Crippen LogP contribution in [0.2, 0.25) is 0 Å². The molecule has 0 saturated heterocycles.